The molecule has 0 radical (unpaired) electrons. The Bertz CT molecular complexity index is 336. The first kappa shape index (κ1) is 13.5. The fraction of sp³-hybridized carbons (Fsp3) is 0.750. The van der Waals surface area contributed by atoms with E-state index in [4.69, 9.17) is 0 Å². The van der Waals surface area contributed by atoms with Crippen LogP contribution in [-0.2, 0) is 0 Å². The molecule has 0 spiro atoms. The highest BCUT2D eigenvalue weighted by Crippen LogP contribution is 2.31. The van der Waals surface area contributed by atoms with Gasteiger partial charge in [0.15, 0.2) is 5.13 Å². The van der Waals surface area contributed by atoms with Crippen LogP contribution >= 0.6 is 11.3 Å². The van der Waals surface area contributed by atoms with Crippen molar-refractivity contribution in [1.29, 1.82) is 0 Å². The van der Waals surface area contributed by atoms with Gasteiger partial charge in [-0.05, 0) is 34.1 Å². The molecule has 0 saturated carbocycles. The molecule has 1 aromatic heterocycles. The molecule has 2 unspecified atom stereocenters. The minimum absolute atomic E-state index is 0.415. The van der Waals surface area contributed by atoms with Crippen LogP contribution in [-0.4, -0.2) is 22.7 Å². The van der Waals surface area contributed by atoms with Gasteiger partial charge in [-0.3, -0.25) is 0 Å². The first-order chi connectivity index (χ1) is 7.51. The van der Waals surface area contributed by atoms with Gasteiger partial charge in [0.25, 0.3) is 0 Å². The predicted molar refractivity (Wildman–Crippen MR) is 70.3 cm³/mol. The first-order valence-electron chi connectivity index (χ1n) is 5.93. The number of hydrogen-bond donors (Lipinski definition) is 1. The number of aliphatic hydroxyl groups is 1. The molecule has 0 bridgehead atoms. The Kier molecular flexibility index (Phi) is 4.74. The summed E-state index contributed by atoms with van der Waals surface area (Å²) in [5.74, 6) is 0. The van der Waals surface area contributed by atoms with Gasteiger partial charge in [0.05, 0.1) is 16.7 Å². The molecule has 1 rings (SSSR count). The molecule has 0 aliphatic carbocycles. The van der Waals surface area contributed by atoms with Crippen LogP contribution < -0.4 is 4.90 Å². The van der Waals surface area contributed by atoms with E-state index in [1.165, 1.54) is 0 Å². The van der Waals surface area contributed by atoms with Crippen LogP contribution in [0.1, 0.15) is 50.8 Å². The number of hydrogen-bond acceptors (Lipinski definition) is 4. The molecule has 3 nitrogen and oxygen atoms in total. The van der Waals surface area contributed by atoms with Crippen LogP contribution in [0.25, 0.3) is 0 Å². The summed E-state index contributed by atoms with van der Waals surface area (Å²) in [7, 11) is 0. The Hall–Kier alpha value is -0.610. The fourth-order valence-corrected chi connectivity index (χ4v) is 2.93. The molecule has 0 aliphatic rings. The number of nitrogens with zero attached hydrogens (tertiary/aromatic N) is 2. The van der Waals surface area contributed by atoms with Crippen LogP contribution in [0.5, 0.6) is 0 Å². The van der Waals surface area contributed by atoms with Crippen molar-refractivity contribution in [2.75, 3.05) is 11.4 Å². The van der Waals surface area contributed by atoms with Gasteiger partial charge >= 0.3 is 0 Å². The molecule has 1 N–H and O–H groups in total. The Morgan fingerprint density at radius 1 is 1.38 bits per heavy atom. The van der Waals surface area contributed by atoms with Crippen molar-refractivity contribution in [2.24, 2.45) is 0 Å². The summed E-state index contributed by atoms with van der Waals surface area (Å²) in [6.07, 6.45) is 0.693. The SMILES string of the molecule is CCC(C)N(CC)c1nc(C)c(C(C)O)s1. The fourth-order valence-electron chi connectivity index (χ4n) is 1.76. The lowest BCUT2D eigenvalue weighted by atomic mass is 10.2. The molecular weight excluding hydrogens is 220 g/mol. The zero-order valence-electron chi connectivity index (χ0n) is 10.8. The maximum absolute atomic E-state index is 9.62. The van der Waals surface area contributed by atoms with Gasteiger partial charge in [-0.1, -0.05) is 18.3 Å². The van der Waals surface area contributed by atoms with Gasteiger partial charge in [-0.15, -0.1) is 0 Å². The van der Waals surface area contributed by atoms with Crippen molar-refractivity contribution in [3.8, 4) is 0 Å². The lowest BCUT2D eigenvalue weighted by Gasteiger charge is -2.26. The van der Waals surface area contributed by atoms with Crippen molar-refractivity contribution in [3.05, 3.63) is 10.6 Å². The predicted octanol–water partition coefficient (Wildman–Crippen LogP) is 3.13. The van der Waals surface area contributed by atoms with E-state index in [1.807, 2.05) is 6.92 Å². The van der Waals surface area contributed by atoms with Gasteiger partial charge in [0.1, 0.15) is 0 Å². The Labute approximate surface area is 102 Å². The molecule has 0 aliphatic heterocycles. The molecule has 0 fully saturated rings. The molecule has 0 aromatic carbocycles. The second-order valence-corrected chi connectivity index (χ2v) is 5.17. The van der Waals surface area contributed by atoms with Crippen molar-refractivity contribution < 1.29 is 5.11 Å². The summed E-state index contributed by atoms with van der Waals surface area (Å²) >= 11 is 1.61. The summed E-state index contributed by atoms with van der Waals surface area (Å²) in [6, 6.07) is 0.498. The van der Waals surface area contributed by atoms with Gasteiger partial charge in [0, 0.05) is 12.6 Å². The summed E-state index contributed by atoms with van der Waals surface area (Å²) < 4.78 is 0. The number of thiazole rings is 1. The average Bonchev–Trinajstić information content (AvgIpc) is 2.61. The van der Waals surface area contributed by atoms with E-state index in [9.17, 15) is 5.11 Å². The van der Waals surface area contributed by atoms with Crippen LogP contribution in [0.4, 0.5) is 5.13 Å². The highest BCUT2D eigenvalue weighted by molar-refractivity contribution is 7.15. The minimum atomic E-state index is -0.415. The summed E-state index contributed by atoms with van der Waals surface area (Å²) in [5, 5.41) is 10.7. The summed E-state index contributed by atoms with van der Waals surface area (Å²) in [5.41, 5.74) is 0.955. The smallest absolute Gasteiger partial charge is 0.186 e. The standard InChI is InChI=1S/C12H22N2OS/c1-6-8(3)14(7-2)12-13-9(4)11(16-12)10(5)15/h8,10,15H,6-7H2,1-5H3. The van der Waals surface area contributed by atoms with Crippen molar-refractivity contribution in [3.63, 3.8) is 0 Å². The maximum atomic E-state index is 9.62. The van der Waals surface area contributed by atoms with Crippen molar-refractivity contribution >= 4 is 16.5 Å². The third kappa shape index (κ3) is 2.74. The third-order valence-electron chi connectivity index (χ3n) is 2.91. The van der Waals surface area contributed by atoms with E-state index in [2.05, 4.69) is 30.7 Å². The lowest BCUT2D eigenvalue weighted by Crippen LogP contribution is -2.32. The Morgan fingerprint density at radius 2 is 2.00 bits per heavy atom. The zero-order chi connectivity index (χ0) is 12.3. The monoisotopic (exact) mass is 242 g/mol. The number of rotatable bonds is 5. The summed E-state index contributed by atoms with van der Waals surface area (Å²) in [6.45, 7) is 11.3. The molecule has 92 valence electrons. The minimum Gasteiger partial charge on any atom is -0.388 e. The maximum Gasteiger partial charge on any atom is 0.186 e. The van der Waals surface area contributed by atoms with E-state index in [1.54, 1.807) is 18.3 Å². The zero-order valence-corrected chi connectivity index (χ0v) is 11.6. The van der Waals surface area contributed by atoms with Crippen molar-refractivity contribution in [1.82, 2.24) is 4.98 Å². The molecule has 1 heterocycles. The highest BCUT2D eigenvalue weighted by atomic mass is 32.1. The van der Waals surface area contributed by atoms with E-state index >= 15 is 0 Å². The molecule has 16 heavy (non-hydrogen) atoms. The molecule has 1 aromatic rings. The van der Waals surface area contributed by atoms with Crippen LogP contribution in [0, 0.1) is 6.92 Å². The normalized spacial score (nSPS) is 14.9. The van der Waals surface area contributed by atoms with E-state index < -0.39 is 6.10 Å². The Morgan fingerprint density at radius 3 is 2.38 bits per heavy atom. The molecular formula is C12H22N2OS. The second kappa shape index (κ2) is 5.64. The van der Waals surface area contributed by atoms with E-state index in [0.29, 0.717) is 6.04 Å². The number of anilines is 1. The van der Waals surface area contributed by atoms with Gasteiger partial charge in [-0.2, -0.15) is 0 Å². The molecule has 0 saturated heterocycles. The quantitative estimate of drug-likeness (QED) is 0.861. The van der Waals surface area contributed by atoms with Gasteiger partial charge < -0.3 is 10.0 Å². The van der Waals surface area contributed by atoms with Gasteiger partial charge in [-0.25, -0.2) is 4.98 Å². The topological polar surface area (TPSA) is 36.4 Å². The van der Waals surface area contributed by atoms with Crippen LogP contribution in [0.2, 0.25) is 0 Å². The number of aryl methyl sites for hydroxylation is 1. The lowest BCUT2D eigenvalue weighted by molar-refractivity contribution is 0.202. The van der Waals surface area contributed by atoms with E-state index in [0.717, 1.165) is 28.7 Å². The highest BCUT2D eigenvalue weighted by Gasteiger charge is 2.18. The van der Waals surface area contributed by atoms with Crippen LogP contribution in [0.3, 0.4) is 0 Å². The molecule has 2 atom stereocenters. The number of aromatic nitrogens is 1. The first-order valence-corrected chi connectivity index (χ1v) is 6.74. The second-order valence-electron chi connectivity index (χ2n) is 4.17. The van der Waals surface area contributed by atoms with Crippen LogP contribution in [0.15, 0.2) is 0 Å². The van der Waals surface area contributed by atoms with Gasteiger partial charge in [0.2, 0.25) is 0 Å². The number of aliphatic hydroxyl groups excluding tert-OH is 1. The summed E-state index contributed by atoms with van der Waals surface area (Å²) in [4.78, 5) is 7.83. The van der Waals surface area contributed by atoms with E-state index in [-0.39, 0.29) is 0 Å². The molecule has 4 heteroatoms. The average molecular weight is 242 g/mol. The third-order valence-corrected chi connectivity index (χ3v) is 4.27. The Balaban J connectivity index is 2.98. The largest absolute Gasteiger partial charge is 0.388 e. The molecule has 0 amide bonds. The van der Waals surface area contributed by atoms with Crippen molar-refractivity contribution in [2.45, 2.75) is 53.2 Å².